The number of methoxy groups -OCH3 is 1. The third kappa shape index (κ3) is 5.47. The standard InChI is InChI=1S/C9H15NO/c1-3-4-5-6-7-9(8-10)11-2/h7H,3-6H2,1-2H3. The van der Waals surface area contributed by atoms with E-state index >= 15 is 0 Å². The number of hydrogen-bond acceptors (Lipinski definition) is 2. The van der Waals surface area contributed by atoms with Crippen molar-refractivity contribution in [3.8, 4) is 6.07 Å². The molecule has 11 heavy (non-hydrogen) atoms. The molecule has 0 saturated carbocycles. The first kappa shape index (κ1) is 10.0. The van der Waals surface area contributed by atoms with Gasteiger partial charge >= 0.3 is 0 Å². The molecular formula is C9H15NO. The molecule has 0 radical (unpaired) electrons. The highest BCUT2D eigenvalue weighted by Gasteiger charge is 1.90. The van der Waals surface area contributed by atoms with Gasteiger partial charge in [-0.1, -0.05) is 19.8 Å². The van der Waals surface area contributed by atoms with E-state index < -0.39 is 0 Å². The summed E-state index contributed by atoms with van der Waals surface area (Å²) in [6.07, 6.45) is 6.37. The maximum Gasteiger partial charge on any atom is 0.192 e. The van der Waals surface area contributed by atoms with Crippen molar-refractivity contribution in [2.75, 3.05) is 7.11 Å². The molecule has 62 valence electrons. The molecule has 0 aliphatic rings. The molecular weight excluding hydrogens is 138 g/mol. The molecule has 0 aromatic heterocycles. The molecule has 0 bridgehead atoms. The molecule has 0 aromatic rings. The summed E-state index contributed by atoms with van der Waals surface area (Å²) in [4.78, 5) is 0. The summed E-state index contributed by atoms with van der Waals surface area (Å²) in [7, 11) is 1.52. The minimum atomic E-state index is 0.432. The quantitative estimate of drug-likeness (QED) is 0.345. The number of unbranched alkanes of at least 4 members (excludes halogenated alkanes) is 3. The highest BCUT2D eigenvalue weighted by molar-refractivity contribution is 5.12. The zero-order valence-electron chi connectivity index (χ0n) is 7.26. The van der Waals surface area contributed by atoms with Crippen LogP contribution >= 0.6 is 0 Å². The van der Waals surface area contributed by atoms with E-state index in [-0.39, 0.29) is 0 Å². The van der Waals surface area contributed by atoms with Crippen LogP contribution < -0.4 is 0 Å². The average Bonchev–Trinajstić information content (AvgIpc) is 2.05. The molecule has 0 spiro atoms. The smallest absolute Gasteiger partial charge is 0.192 e. The monoisotopic (exact) mass is 153 g/mol. The number of ether oxygens (including phenoxy) is 1. The number of allylic oxidation sites excluding steroid dienone is 2. The second-order valence-electron chi connectivity index (χ2n) is 2.38. The van der Waals surface area contributed by atoms with Gasteiger partial charge in [0, 0.05) is 0 Å². The highest BCUT2D eigenvalue weighted by atomic mass is 16.5. The summed E-state index contributed by atoms with van der Waals surface area (Å²) < 4.78 is 4.78. The first-order valence-electron chi connectivity index (χ1n) is 3.99. The molecule has 0 fully saturated rings. The molecule has 0 aromatic carbocycles. The molecule has 0 unspecified atom stereocenters. The molecule has 0 saturated heterocycles. The largest absolute Gasteiger partial charge is 0.487 e. The van der Waals surface area contributed by atoms with Crippen LogP contribution in [0.25, 0.3) is 0 Å². The molecule has 0 rings (SSSR count). The van der Waals surface area contributed by atoms with Crippen LogP contribution in [0.1, 0.15) is 32.6 Å². The number of hydrogen-bond donors (Lipinski definition) is 0. The van der Waals surface area contributed by atoms with Gasteiger partial charge in [0.05, 0.1) is 7.11 Å². The van der Waals surface area contributed by atoms with Gasteiger partial charge in [0.25, 0.3) is 0 Å². The summed E-state index contributed by atoms with van der Waals surface area (Å²) in [6.45, 7) is 2.16. The molecule has 0 aliphatic heterocycles. The molecule has 0 amide bonds. The van der Waals surface area contributed by atoms with Crippen molar-refractivity contribution in [1.29, 1.82) is 5.26 Å². The van der Waals surface area contributed by atoms with E-state index in [0.29, 0.717) is 5.76 Å². The second kappa shape index (κ2) is 7.14. The van der Waals surface area contributed by atoms with Gasteiger partial charge in [-0.15, -0.1) is 0 Å². The van der Waals surface area contributed by atoms with E-state index in [1.54, 1.807) is 0 Å². The van der Waals surface area contributed by atoms with Crippen molar-refractivity contribution >= 4 is 0 Å². The Hall–Kier alpha value is -0.970. The van der Waals surface area contributed by atoms with Crippen molar-refractivity contribution in [3.63, 3.8) is 0 Å². The zero-order chi connectivity index (χ0) is 8.53. The predicted molar refractivity (Wildman–Crippen MR) is 44.8 cm³/mol. The van der Waals surface area contributed by atoms with E-state index in [1.807, 2.05) is 12.1 Å². The molecule has 2 heteroatoms. The summed E-state index contributed by atoms with van der Waals surface area (Å²) in [5.74, 6) is 0.432. The van der Waals surface area contributed by atoms with Crippen LogP contribution in [0.4, 0.5) is 0 Å². The normalized spacial score (nSPS) is 10.8. The highest BCUT2D eigenvalue weighted by Crippen LogP contribution is 2.02. The maximum atomic E-state index is 8.44. The van der Waals surface area contributed by atoms with Gasteiger partial charge in [-0.25, -0.2) is 0 Å². The Bertz CT molecular complexity index is 155. The lowest BCUT2D eigenvalue weighted by molar-refractivity contribution is 0.308. The van der Waals surface area contributed by atoms with Crippen LogP contribution in [0.3, 0.4) is 0 Å². The Labute approximate surface area is 68.5 Å². The van der Waals surface area contributed by atoms with Crippen molar-refractivity contribution < 1.29 is 4.74 Å². The summed E-state index contributed by atoms with van der Waals surface area (Å²) in [6, 6.07) is 1.97. The van der Waals surface area contributed by atoms with E-state index in [2.05, 4.69) is 6.92 Å². The average molecular weight is 153 g/mol. The van der Waals surface area contributed by atoms with Crippen LogP contribution in [0, 0.1) is 11.3 Å². The van der Waals surface area contributed by atoms with E-state index in [1.165, 1.54) is 20.0 Å². The van der Waals surface area contributed by atoms with Gasteiger partial charge in [-0.2, -0.15) is 5.26 Å². The molecule has 0 heterocycles. The predicted octanol–water partition coefficient (Wildman–Crippen LogP) is 2.62. The topological polar surface area (TPSA) is 33.0 Å². The Morgan fingerprint density at radius 2 is 2.27 bits per heavy atom. The third-order valence-electron chi connectivity index (χ3n) is 1.47. The van der Waals surface area contributed by atoms with Crippen LogP contribution in [0.2, 0.25) is 0 Å². The fraction of sp³-hybridized carbons (Fsp3) is 0.667. The lowest BCUT2D eigenvalue weighted by atomic mass is 10.2. The van der Waals surface area contributed by atoms with Gasteiger partial charge in [0.1, 0.15) is 6.07 Å². The van der Waals surface area contributed by atoms with Crippen LogP contribution in [-0.2, 0) is 4.74 Å². The van der Waals surface area contributed by atoms with Crippen molar-refractivity contribution in [3.05, 3.63) is 11.8 Å². The Kier molecular flexibility index (Phi) is 6.51. The Morgan fingerprint density at radius 1 is 1.55 bits per heavy atom. The minimum absolute atomic E-state index is 0.432. The first-order chi connectivity index (χ1) is 5.35. The third-order valence-corrected chi connectivity index (χ3v) is 1.47. The lowest BCUT2D eigenvalue weighted by Crippen LogP contribution is -1.81. The van der Waals surface area contributed by atoms with Crippen molar-refractivity contribution in [2.45, 2.75) is 32.6 Å². The van der Waals surface area contributed by atoms with Crippen LogP contribution in [-0.4, -0.2) is 7.11 Å². The SMILES string of the molecule is CCCCCC=C(C#N)OC. The first-order valence-corrected chi connectivity index (χ1v) is 3.99. The van der Waals surface area contributed by atoms with Crippen molar-refractivity contribution in [2.24, 2.45) is 0 Å². The number of rotatable bonds is 5. The fourth-order valence-corrected chi connectivity index (χ4v) is 0.802. The van der Waals surface area contributed by atoms with Crippen LogP contribution in [0.5, 0.6) is 0 Å². The molecule has 2 nitrogen and oxygen atoms in total. The van der Waals surface area contributed by atoms with E-state index in [0.717, 1.165) is 12.8 Å². The lowest BCUT2D eigenvalue weighted by Gasteiger charge is -1.95. The van der Waals surface area contributed by atoms with Gasteiger partial charge in [-0.3, -0.25) is 0 Å². The van der Waals surface area contributed by atoms with Crippen LogP contribution in [0.15, 0.2) is 11.8 Å². The summed E-state index contributed by atoms with van der Waals surface area (Å²) >= 11 is 0. The van der Waals surface area contributed by atoms with Gasteiger partial charge in [-0.05, 0) is 18.9 Å². The number of nitrogens with zero attached hydrogens (tertiary/aromatic N) is 1. The van der Waals surface area contributed by atoms with Gasteiger partial charge < -0.3 is 4.74 Å². The Balaban J connectivity index is 3.47. The summed E-state index contributed by atoms with van der Waals surface area (Å²) in [5.41, 5.74) is 0. The van der Waals surface area contributed by atoms with E-state index in [9.17, 15) is 0 Å². The number of nitriles is 1. The maximum absolute atomic E-state index is 8.44. The zero-order valence-corrected chi connectivity index (χ0v) is 7.26. The molecule has 0 aliphatic carbocycles. The van der Waals surface area contributed by atoms with E-state index in [4.69, 9.17) is 10.00 Å². The van der Waals surface area contributed by atoms with Gasteiger partial charge in [0.2, 0.25) is 0 Å². The molecule has 0 N–H and O–H groups in total. The molecule has 0 atom stereocenters. The second-order valence-corrected chi connectivity index (χ2v) is 2.38. The fourth-order valence-electron chi connectivity index (χ4n) is 0.802. The summed E-state index contributed by atoms with van der Waals surface area (Å²) in [5, 5.41) is 8.44. The minimum Gasteiger partial charge on any atom is -0.487 e. The van der Waals surface area contributed by atoms with Crippen molar-refractivity contribution in [1.82, 2.24) is 0 Å². The Morgan fingerprint density at radius 3 is 2.73 bits per heavy atom. The van der Waals surface area contributed by atoms with Gasteiger partial charge in [0.15, 0.2) is 5.76 Å².